The van der Waals surface area contributed by atoms with Gasteiger partial charge in [0.25, 0.3) is 5.91 Å². The molecule has 2 aliphatic heterocycles. The lowest BCUT2D eigenvalue weighted by atomic mass is 10.1. The molecule has 0 fully saturated rings. The van der Waals surface area contributed by atoms with E-state index in [9.17, 15) is 9.59 Å². The van der Waals surface area contributed by atoms with Gasteiger partial charge in [-0.3, -0.25) is 9.59 Å². The molecule has 0 aliphatic carbocycles. The van der Waals surface area contributed by atoms with E-state index >= 15 is 0 Å². The van der Waals surface area contributed by atoms with Crippen LogP contribution in [0.1, 0.15) is 29.7 Å². The number of ether oxygens (including phenoxy) is 1. The number of aliphatic imine (C=N–C) groups is 2. The molecule has 2 amide bonds. The second-order valence-electron chi connectivity index (χ2n) is 8.18. The number of carbonyl (C=O) groups excluding carboxylic acids is 2. The highest BCUT2D eigenvalue weighted by molar-refractivity contribution is 8.15. The normalized spacial score (nSPS) is 17.1. The third-order valence-electron chi connectivity index (χ3n) is 5.84. The number of hydrogen-bond acceptors (Lipinski definition) is 6. The van der Waals surface area contributed by atoms with E-state index in [1.807, 2.05) is 78.9 Å². The number of nitrogens with one attached hydrogen (secondary N) is 1. The molecule has 2 heterocycles. The highest BCUT2D eigenvalue weighted by Gasteiger charge is 2.42. The lowest BCUT2D eigenvalue weighted by Crippen LogP contribution is -2.41. The van der Waals surface area contributed by atoms with Gasteiger partial charge in [-0.2, -0.15) is 0 Å². The number of fused-ring (bicyclic) bond motifs is 3. The molecule has 0 saturated heterocycles. The van der Waals surface area contributed by atoms with E-state index in [4.69, 9.17) is 14.7 Å². The zero-order valence-electron chi connectivity index (χ0n) is 19.3. The second kappa shape index (κ2) is 9.76. The summed E-state index contributed by atoms with van der Waals surface area (Å²) in [6, 6.07) is 24.0. The van der Waals surface area contributed by atoms with E-state index in [0.29, 0.717) is 17.5 Å². The third kappa shape index (κ3) is 4.57. The van der Waals surface area contributed by atoms with Crippen molar-refractivity contribution in [3.05, 3.63) is 95.6 Å². The molecule has 0 unspecified atom stereocenters. The van der Waals surface area contributed by atoms with Crippen LogP contribution in [0.3, 0.4) is 0 Å². The molecule has 3 aromatic rings. The number of hydrogen-bond donors (Lipinski definition) is 1. The molecule has 35 heavy (non-hydrogen) atoms. The Hall–Kier alpha value is -3.91. The first-order valence-corrected chi connectivity index (χ1v) is 12.1. The number of thioether (sulfide) groups is 1. The van der Waals surface area contributed by atoms with E-state index in [1.165, 1.54) is 11.8 Å². The first-order valence-electron chi connectivity index (χ1n) is 11.3. The largest absolute Gasteiger partial charge is 0.497 e. The van der Waals surface area contributed by atoms with Crippen LogP contribution < -0.4 is 10.1 Å². The predicted octanol–water partition coefficient (Wildman–Crippen LogP) is 4.46. The maximum Gasteiger partial charge on any atom is 0.263 e. The van der Waals surface area contributed by atoms with Gasteiger partial charge < -0.3 is 10.1 Å². The standard InChI is InChI=1S/C27H24N4O3S/c1-17(25(32)28-16-18-9-8-12-20(15-18)34-2)35-27-29-22-14-7-6-13-21(22)24-30-23(26(33)31(24)27)19-10-4-3-5-11-19/h3-15,17,23H,16H2,1-2H3,(H,28,32)/t17-,23+/m1/s1. The van der Waals surface area contributed by atoms with Gasteiger partial charge in [-0.15, -0.1) is 0 Å². The summed E-state index contributed by atoms with van der Waals surface area (Å²) >= 11 is 1.25. The molecular weight excluding hydrogens is 460 g/mol. The van der Waals surface area contributed by atoms with Crippen LogP contribution in [0.25, 0.3) is 0 Å². The number of benzene rings is 3. The monoisotopic (exact) mass is 484 g/mol. The second-order valence-corrected chi connectivity index (χ2v) is 9.49. The molecule has 0 saturated carbocycles. The number of amidine groups is 2. The van der Waals surface area contributed by atoms with E-state index in [-0.39, 0.29) is 11.8 Å². The third-order valence-corrected chi connectivity index (χ3v) is 6.89. The average Bonchev–Trinajstić information content (AvgIpc) is 3.25. The molecule has 2 atom stereocenters. The van der Waals surface area contributed by atoms with Crippen molar-refractivity contribution in [2.45, 2.75) is 24.8 Å². The highest BCUT2D eigenvalue weighted by atomic mass is 32.2. The molecule has 1 N–H and O–H groups in total. The van der Waals surface area contributed by atoms with Crippen LogP contribution in [0, 0.1) is 0 Å². The summed E-state index contributed by atoms with van der Waals surface area (Å²) in [6.07, 6.45) is 0. The molecule has 176 valence electrons. The summed E-state index contributed by atoms with van der Waals surface area (Å²) in [4.78, 5) is 37.5. The van der Waals surface area contributed by atoms with Crippen LogP contribution in [0.5, 0.6) is 5.75 Å². The maximum absolute atomic E-state index is 13.5. The van der Waals surface area contributed by atoms with Crippen LogP contribution in [0.2, 0.25) is 0 Å². The Bertz CT molecular complexity index is 1340. The van der Waals surface area contributed by atoms with Crippen LogP contribution in [-0.4, -0.2) is 40.1 Å². The molecular formula is C27H24N4O3S. The molecule has 0 radical (unpaired) electrons. The average molecular weight is 485 g/mol. The SMILES string of the molecule is COc1cccc(CNC(=O)[C@@H](C)SC2=Nc3ccccc3C3=N[C@@H](c4ccccc4)C(=O)N23)c1. The Kier molecular flexibility index (Phi) is 6.37. The fourth-order valence-electron chi connectivity index (χ4n) is 4.01. The van der Waals surface area contributed by atoms with Crippen molar-refractivity contribution in [2.75, 3.05) is 7.11 Å². The Balaban J connectivity index is 1.36. The molecule has 0 aromatic heterocycles. The smallest absolute Gasteiger partial charge is 0.263 e. The predicted molar refractivity (Wildman–Crippen MR) is 138 cm³/mol. The summed E-state index contributed by atoms with van der Waals surface area (Å²) in [7, 11) is 1.61. The quantitative estimate of drug-likeness (QED) is 0.560. The van der Waals surface area contributed by atoms with Gasteiger partial charge in [0.15, 0.2) is 11.2 Å². The zero-order chi connectivity index (χ0) is 24.4. The Morgan fingerprint density at radius 3 is 2.66 bits per heavy atom. The number of methoxy groups -OCH3 is 1. The topological polar surface area (TPSA) is 83.4 Å². The van der Waals surface area contributed by atoms with Crippen molar-refractivity contribution < 1.29 is 14.3 Å². The van der Waals surface area contributed by atoms with Crippen molar-refractivity contribution in [1.82, 2.24) is 10.2 Å². The lowest BCUT2D eigenvalue weighted by Gasteiger charge is -2.26. The van der Waals surface area contributed by atoms with Gasteiger partial charge in [0, 0.05) is 12.1 Å². The molecule has 0 bridgehead atoms. The Morgan fingerprint density at radius 2 is 1.86 bits per heavy atom. The molecule has 5 rings (SSSR count). The minimum Gasteiger partial charge on any atom is -0.497 e. The van der Waals surface area contributed by atoms with Gasteiger partial charge in [0.05, 0.1) is 18.0 Å². The molecule has 2 aliphatic rings. The summed E-state index contributed by atoms with van der Waals surface area (Å²) < 4.78 is 5.25. The van der Waals surface area contributed by atoms with Gasteiger partial charge in [0.2, 0.25) is 5.91 Å². The maximum atomic E-state index is 13.5. The Morgan fingerprint density at radius 1 is 1.09 bits per heavy atom. The van der Waals surface area contributed by atoms with Gasteiger partial charge in [-0.1, -0.05) is 66.4 Å². The van der Waals surface area contributed by atoms with Gasteiger partial charge >= 0.3 is 0 Å². The van der Waals surface area contributed by atoms with Crippen LogP contribution >= 0.6 is 11.8 Å². The van der Waals surface area contributed by atoms with E-state index in [0.717, 1.165) is 28.1 Å². The van der Waals surface area contributed by atoms with Crippen molar-refractivity contribution in [1.29, 1.82) is 0 Å². The number of nitrogens with zero attached hydrogens (tertiary/aromatic N) is 3. The number of carbonyl (C=O) groups is 2. The fourth-order valence-corrected chi connectivity index (χ4v) is 4.95. The van der Waals surface area contributed by atoms with E-state index < -0.39 is 11.3 Å². The van der Waals surface area contributed by atoms with Crippen LogP contribution in [0.4, 0.5) is 5.69 Å². The minimum absolute atomic E-state index is 0.149. The van der Waals surface area contributed by atoms with E-state index in [2.05, 4.69) is 5.32 Å². The lowest BCUT2D eigenvalue weighted by molar-refractivity contribution is -0.124. The van der Waals surface area contributed by atoms with Crippen molar-refractivity contribution in [3.8, 4) is 5.75 Å². The molecule has 3 aromatic carbocycles. The summed E-state index contributed by atoms with van der Waals surface area (Å²) in [6.45, 7) is 2.18. The Labute approximate surface area is 207 Å². The molecule has 0 spiro atoms. The first kappa shape index (κ1) is 22.9. The number of rotatable bonds is 6. The van der Waals surface area contributed by atoms with Gasteiger partial charge in [-0.25, -0.2) is 14.9 Å². The first-order chi connectivity index (χ1) is 17.0. The molecule has 8 heteroatoms. The zero-order valence-corrected chi connectivity index (χ0v) is 20.2. The van der Waals surface area contributed by atoms with Crippen LogP contribution in [0.15, 0.2) is 88.8 Å². The van der Waals surface area contributed by atoms with Crippen LogP contribution in [-0.2, 0) is 16.1 Å². The fraction of sp³-hybridized carbons (Fsp3) is 0.185. The van der Waals surface area contributed by atoms with Crippen molar-refractivity contribution >= 4 is 40.3 Å². The minimum atomic E-state index is -0.639. The van der Waals surface area contributed by atoms with Crippen molar-refractivity contribution in [2.24, 2.45) is 9.98 Å². The van der Waals surface area contributed by atoms with E-state index in [1.54, 1.807) is 18.9 Å². The summed E-state index contributed by atoms with van der Waals surface area (Å²) in [5.74, 6) is 0.989. The number of amides is 2. The van der Waals surface area contributed by atoms with Gasteiger partial charge in [0.1, 0.15) is 11.6 Å². The summed E-state index contributed by atoms with van der Waals surface area (Å²) in [5, 5.41) is 2.94. The molecule has 7 nitrogen and oxygen atoms in total. The van der Waals surface area contributed by atoms with Crippen molar-refractivity contribution in [3.63, 3.8) is 0 Å². The van der Waals surface area contributed by atoms with Gasteiger partial charge in [-0.05, 0) is 42.3 Å². The summed E-state index contributed by atoms with van der Waals surface area (Å²) in [5.41, 5.74) is 3.30. The highest BCUT2D eigenvalue weighted by Crippen LogP contribution is 2.38. The number of para-hydroxylation sites is 1.